The maximum Gasteiger partial charge on any atom is 0.209 e. The van der Waals surface area contributed by atoms with Gasteiger partial charge in [0.1, 0.15) is 5.82 Å². The van der Waals surface area contributed by atoms with Gasteiger partial charge < -0.3 is 4.90 Å². The van der Waals surface area contributed by atoms with E-state index in [1.807, 2.05) is 23.4 Å². The minimum absolute atomic E-state index is 0.220. The van der Waals surface area contributed by atoms with E-state index < -0.39 is 0 Å². The third-order valence-corrected chi connectivity index (χ3v) is 5.25. The molecule has 2 aromatic rings. The van der Waals surface area contributed by atoms with Crippen molar-refractivity contribution in [1.29, 1.82) is 0 Å². The fraction of sp³-hybridized carbons (Fsp3) is 0.444. The van der Waals surface area contributed by atoms with Crippen LogP contribution in [0.2, 0.25) is 0 Å². The van der Waals surface area contributed by atoms with Crippen LogP contribution in [0.4, 0.5) is 4.39 Å². The van der Waals surface area contributed by atoms with E-state index in [9.17, 15) is 9.18 Å². The van der Waals surface area contributed by atoms with Gasteiger partial charge in [-0.2, -0.15) is 5.10 Å². The lowest BCUT2D eigenvalue weighted by Gasteiger charge is -2.58. The van der Waals surface area contributed by atoms with Gasteiger partial charge in [-0.3, -0.25) is 4.79 Å². The van der Waals surface area contributed by atoms with E-state index in [1.54, 1.807) is 12.1 Å². The summed E-state index contributed by atoms with van der Waals surface area (Å²) in [6.45, 7) is 5.67. The number of carbonyl (C=O) groups excluding carboxylic acids is 1. The molecule has 0 unspecified atom stereocenters. The van der Waals surface area contributed by atoms with Gasteiger partial charge in [0.15, 0.2) is 0 Å². The zero-order chi connectivity index (χ0) is 16.2. The maximum atomic E-state index is 13.4. The molecule has 1 amide bonds. The Hall–Kier alpha value is -2.17. The molecular formula is C18H20FN3O. The molecule has 1 saturated heterocycles. The second-order valence-corrected chi connectivity index (χ2v) is 7.17. The molecule has 1 spiro atoms. The van der Waals surface area contributed by atoms with Gasteiger partial charge in [0, 0.05) is 30.1 Å². The summed E-state index contributed by atoms with van der Waals surface area (Å²) in [5.74, 6) is 0.247. The quantitative estimate of drug-likeness (QED) is 0.817. The third-order valence-electron chi connectivity index (χ3n) is 5.25. The van der Waals surface area contributed by atoms with Crippen LogP contribution in [0.5, 0.6) is 0 Å². The first kappa shape index (κ1) is 14.4. The number of likely N-dealkylation sites (tertiary alicyclic amines) is 1. The van der Waals surface area contributed by atoms with Gasteiger partial charge in [-0.15, -0.1) is 0 Å². The second-order valence-electron chi connectivity index (χ2n) is 7.17. The molecule has 2 heterocycles. The first-order valence-corrected chi connectivity index (χ1v) is 8.02. The number of hydrogen-bond donors (Lipinski definition) is 0. The standard InChI is InChI=1S/C18H20FN3O/c1-12-5-15(19)3-4-16(12)22-17(6-13(2)20-22)14-7-18(8-14)9-21(10-18)11-23/h3-6,11,14H,7-10H2,1-2H3. The molecular weight excluding hydrogens is 293 g/mol. The molecule has 2 fully saturated rings. The predicted octanol–water partition coefficient (Wildman–Crippen LogP) is 2.96. The highest BCUT2D eigenvalue weighted by molar-refractivity contribution is 5.50. The van der Waals surface area contributed by atoms with Gasteiger partial charge in [0.2, 0.25) is 6.41 Å². The Balaban J connectivity index is 1.60. The first-order valence-electron chi connectivity index (χ1n) is 8.02. The van der Waals surface area contributed by atoms with Crippen LogP contribution in [-0.4, -0.2) is 34.2 Å². The highest BCUT2D eigenvalue weighted by atomic mass is 19.1. The van der Waals surface area contributed by atoms with E-state index in [-0.39, 0.29) is 5.82 Å². The Morgan fingerprint density at radius 3 is 2.65 bits per heavy atom. The highest BCUT2D eigenvalue weighted by Crippen LogP contribution is 2.55. The van der Waals surface area contributed by atoms with E-state index in [1.165, 1.54) is 11.8 Å². The summed E-state index contributed by atoms with van der Waals surface area (Å²) >= 11 is 0. The largest absolute Gasteiger partial charge is 0.344 e. The molecule has 0 bridgehead atoms. The number of nitrogens with zero attached hydrogens (tertiary/aromatic N) is 3. The Labute approximate surface area is 134 Å². The molecule has 23 heavy (non-hydrogen) atoms. The molecule has 120 valence electrons. The van der Waals surface area contributed by atoms with E-state index in [2.05, 4.69) is 11.2 Å². The van der Waals surface area contributed by atoms with Crippen molar-refractivity contribution in [1.82, 2.24) is 14.7 Å². The number of rotatable bonds is 3. The number of benzene rings is 1. The van der Waals surface area contributed by atoms with Crippen LogP contribution in [0.1, 0.15) is 35.7 Å². The summed E-state index contributed by atoms with van der Waals surface area (Å²) < 4.78 is 15.3. The molecule has 4 rings (SSSR count). The van der Waals surface area contributed by atoms with Gasteiger partial charge >= 0.3 is 0 Å². The van der Waals surface area contributed by atoms with Crippen molar-refractivity contribution in [2.24, 2.45) is 5.41 Å². The van der Waals surface area contributed by atoms with Crippen LogP contribution in [0.15, 0.2) is 24.3 Å². The summed E-state index contributed by atoms with van der Waals surface area (Å²) in [4.78, 5) is 12.6. The highest BCUT2D eigenvalue weighted by Gasteiger charge is 2.53. The lowest BCUT2D eigenvalue weighted by Crippen LogP contribution is -2.61. The Morgan fingerprint density at radius 1 is 1.26 bits per heavy atom. The molecule has 0 N–H and O–H groups in total. The van der Waals surface area contributed by atoms with E-state index >= 15 is 0 Å². The minimum Gasteiger partial charge on any atom is -0.344 e. The summed E-state index contributed by atoms with van der Waals surface area (Å²) in [5, 5.41) is 4.62. The van der Waals surface area contributed by atoms with Gasteiger partial charge in [0.05, 0.1) is 11.4 Å². The van der Waals surface area contributed by atoms with Gasteiger partial charge in [-0.05, 0) is 56.5 Å². The topological polar surface area (TPSA) is 38.1 Å². The molecule has 0 radical (unpaired) electrons. The average molecular weight is 313 g/mol. The Morgan fingerprint density at radius 2 is 2.00 bits per heavy atom. The van der Waals surface area contributed by atoms with Crippen molar-refractivity contribution in [3.05, 3.63) is 47.0 Å². The van der Waals surface area contributed by atoms with Crippen molar-refractivity contribution in [3.63, 3.8) is 0 Å². The minimum atomic E-state index is -0.220. The summed E-state index contributed by atoms with van der Waals surface area (Å²) in [5.41, 5.74) is 4.34. The first-order chi connectivity index (χ1) is 11.0. The summed E-state index contributed by atoms with van der Waals surface area (Å²) in [6, 6.07) is 6.97. The number of carbonyl (C=O) groups is 1. The molecule has 5 heteroatoms. The monoisotopic (exact) mass is 313 g/mol. The van der Waals surface area contributed by atoms with Crippen molar-refractivity contribution in [2.45, 2.75) is 32.6 Å². The summed E-state index contributed by atoms with van der Waals surface area (Å²) in [7, 11) is 0. The molecule has 1 aromatic heterocycles. The van der Waals surface area contributed by atoms with Crippen molar-refractivity contribution in [2.75, 3.05) is 13.1 Å². The van der Waals surface area contributed by atoms with Crippen LogP contribution >= 0.6 is 0 Å². The Bertz CT molecular complexity index is 769. The van der Waals surface area contributed by atoms with Crippen LogP contribution in [0, 0.1) is 25.1 Å². The summed E-state index contributed by atoms with van der Waals surface area (Å²) in [6.07, 6.45) is 3.14. The third kappa shape index (κ3) is 2.26. The van der Waals surface area contributed by atoms with Gasteiger partial charge in [-0.1, -0.05) is 0 Å². The molecule has 1 saturated carbocycles. The average Bonchev–Trinajstić information content (AvgIpc) is 2.77. The lowest BCUT2D eigenvalue weighted by atomic mass is 9.57. The smallest absolute Gasteiger partial charge is 0.209 e. The van der Waals surface area contributed by atoms with Crippen LogP contribution in [0.3, 0.4) is 0 Å². The fourth-order valence-electron chi connectivity index (χ4n) is 4.20. The SMILES string of the molecule is Cc1cc(C2CC3(C2)CN(C=O)C3)n(-c2ccc(F)cc2C)n1. The molecule has 4 nitrogen and oxygen atoms in total. The fourth-order valence-corrected chi connectivity index (χ4v) is 4.20. The van der Waals surface area contributed by atoms with E-state index in [0.717, 1.165) is 49.3 Å². The molecule has 0 atom stereocenters. The van der Waals surface area contributed by atoms with Crippen molar-refractivity contribution in [3.8, 4) is 5.69 Å². The van der Waals surface area contributed by atoms with Crippen molar-refractivity contribution < 1.29 is 9.18 Å². The van der Waals surface area contributed by atoms with Crippen LogP contribution in [-0.2, 0) is 4.79 Å². The zero-order valence-corrected chi connectivity index (χ0v) is 13.4. The number of halogens is 1. The molecule has 1 aliphatic heterocycles. The van der Waals surface area contributed by atoms with Crippen molar-refractivity contribution >= 4 is 6.41 Å². The zero-order valence-electron chi connectivity index (χ0n) is 13.4. The molecule has 2 aliphatic rings. The predicted molar refractivity (Wildman–Crippen MR) is 85.0 cm³/mol. The number of aryl methyl sites for hydroxylation is 2. The second kappa shape index (κ2) is 4.91. The van der Waals surface area contributed by atoms with E-state index in [4.69, 9.17) is 0 Å². The van der Waals surface area contributed by atoms with Gasteiger partial charge in [0.25, 0.3) is 0 Å². The van der Waals surface area contributed by atoms with Crippen LogP contribution < -0.4 is 0 Å². The van der Waals surface area contributed by atoms with Crippen LogP contribution in [0.25, 0.3) is 5.69 Å². The lowest BCUT2D eigenvalue weighted by molar-refractivity contribution is -0.137. The number of aromatic nitrogens is 2. The molecule has 1 aromatic carbocycles. The number of hydrogen-bond acceptors (Lipinski definition) is 2. The van der Waals surface area contributed by atoms with Gasteiger partial charge in [-0.25, -0.2) is 9.07 Å². The maximum absolute atomic E-state index is 13.4. The van der Waals surface area contributed by atoms with E-state index in [0.29, 0.717) is 11.3 Å². The Kier molecular flexibility index (Phi) is 3.08. The number of amides is 1. The normalized spacial score (nSPS) is 19.5. The molecule has 1 aliphatic carbocycles.